The molecule has 7 nitrogen and oxygen atoms in total. The second kappa shape index (κ2) is 6.07. The lowest BCUT2D eigenvalue weighted by Crippen LogP contribution is -2.38. The van der Waals surface area contributed by atoms with Crippen LogP contribution < -0.4 is 5.32 Å². The molecular weight excluding hydrogens is 268 g/mol. The van der Waals surface area contributed by atoms with Gasteiger partial charge in [0.15, 0.2) is 0 Å². The van der Waals surface area contributed by atoms with Gasteiger partial charge < -0.3 is 15.0 Å². The molecule has 1 aliphatic rings. The molecule has 2 rings (SSSR count). The number of carbonyl (C=O) groups excluding carboxylic acids is 2. The summed E-state index contributed by atoms with van der Waals surface area (Å²) < 4.78 is 5.03. The molecule has 1 saturated heterocycles. The van der Waals surface area contributed by atoms with Crippen LogP contribution in [0.4, 0.5) is 5.13 Å². The van der Waals surface area contributed by atoms with Gasteiger partial charge in [-0.15, -0.1) is 10.2 Å². The van der Waals surface area contributed by atoms with Crippen LogP contribution in [0.15, 0.2) is 5.51 Å². The summed E-state index contributed by atoms with van der Waals surface area (Å²) in [4.78, 5) is 25.6. The number of likely N-dealkylation sites (tertiary alicyclic amines) is 1. The third-order valence-electron chi connectivity index (χ3n) is 3.06. The molecule has 1 N–H and O–H groups in total. The van der Waals surface area contributed by atoms with Crippen molar-refractivity contribution in [2.75, 3.05) is 25.6 Å². The summed E-state index contributed by atoms with van der Waals surface area (Å²) in [6.45, 7) is 2.80. The highest BCUT2D eigenvalue weighted by Crippen LogP contribution is 2.22. The fraction of sp³-hybridized carbons (Fsp3) is 0.636. The van der Waals surface area contributed by atoms with Crippen LogP contribution in [0, 0.1) is 5.92 Å². The van der Waals surface area contributed by atoms with Crippen LogP contribution in [0.5, 0.6) is 0 Å². The number of nitrogens with one attached hydrogen (secondary N) is 1. The standard InChI is InChI=1S/C11H16N4O3S/c1-7(5-18-2)15-4-8(3-9(15)16)10(17)13-11-14-12-6-19-11/h6-8H,3-5H2,1-2H3,(H,13,14,17)/t7-,8-/m1/s1. The van der Waals surface area contributed by atoms with E-state index in [1.54, 1.807) is 17.5 Å². The van der Waals surface area contributed by atoms with E-state index in [9.17, 15) is 9.59 Å². The summed E-state index contributed by atoms with van der Waals surface area (Å²) in [5, 5.41) is 10.5. The monoisotopic (exact) mass is 284 g/mol. The van der Waals surface area contributed by atoms with Crippen LogP contribution in [0.25, 0.3) is 0 Å². The zero-order valence-corrected chi connectivity index (χ0v) is 11.6. The molecule has 0 bridgehead atoms. The quantitative estimate of drug-likeness (QED) is 0.844. The van der Waals surface area contributed by atoms with Gasteiger partial charge in [-0.3, -0.25) is 9.59 Å². The number of amides is 2. The van der Waals surface area contributed by atoms with Gasteiger partial charge in [0.1, 0.15) is 5.51 Å². The molecule has 0 spiro atoms. The molecule has 2 amide bonds. The normalized spacial score (nSPS) is 20.6. The molecular formula is C11H16N4O3S. The fourth-order valence-electron chi connectivity index (χ4n) is 2.10. The van der Waals surface area contributed by atoms with Gasteiger partial charge in [-0.05, 0) is 6.92 Å². The van der Waals surface area contributed by atoms with Crippen LogP contribution in [0.3, 0.4) is 0 Å². The largest absolute Gasteiger partial charge is 0.383 e. The van der Waals surface area contributed by atoms with Crippen molar-refractivity contribution in [3.63, 3.8) is 0 Å². The first-order valence-electron chi connectivity index (χ1n) is 5.97. The summed E-state index contributed by atoms with van der Waals surface area (Å²) in [5.41, 5.74) is 1.54. The van der Waals surface area contributed by atoms with E-state index in [4.69, 9.17) is 4.74 Å². The molecule has 0 unspecified atom stereocenters. The van der Waals surface area contributed by atoms with Gasteiger partial charge in [-0.1, -0.05) is 11.3 Å². The molecule has 1 aromatic rings. The van der Waals surface area contributed by atoms with Crippen LogP contribution in [0.2, 0.25) is 0 Å². The molecule has 0 saturated carbocycles. The van der Waals surface area contributed by atoms with Crippen LogP contribution in [0.1, 0.15) is 13.3 Å². The van der Waals surface area contributed by atoms with E-state index in [0.717, 1.165) is 0 Å². The second-order valence-corrected chi connectivity index (χ2v) is 5.32. The Morgan fingerprint density at radius 2 is 2.53 bits per heavy atom. The average Bonchev–Trinajstić information content (AvgIpc) is 2.98. The number of carbonyl (C=O) groups is 2. The lowest BCUT2D eigenvalue weighted by molar-refractivity contribution is -0.130. The Labute approximate surface area is 115 Å². The smallest absolute Gasteiger partial charge is 0.231 e. The molecule has 0 radical (unpaired) electrons. The van der Waals surface area contributed by atoms with Gasteiger partial charge in [0, 0.05) is 20.1 Å². The maximum absolute atomic E-state index is 12.0. The van der Waals surface area contributed by atoms with Gasteiger partial charge in [0.05, 0.1) is 18.6 Å². The summed E-state index contributed by atoms with van der Waals surface area (Å²) >= 11 is 1.25. The van der Waals surface area contributed by atoms with E-state index in [1.807, 2.05) is 6.92 Å². The lowest BCUT2D eigenvalue weighted by atomic mass is 10.1. The highest BCUT2D eigenvalue weighted by atomic mass is 32.1. The topological polar surface area (TPSA) is 84.4 Å². The van der Waals surface area contributed by atoms with Gasteiger partial charge in [-0.2, -0.15) is 0 Å². The van der Waals surface area contributed by atoms with E-state index < -0.39 is 0 Å². The lowest BCUT2D eigenvalue weighted by Gasteiger charge is -2.23. The van der Waals surface area contributed by atoms with Crippen molar-refractivity contribution in [1.82, 2.24) is 15.1 Å². The van der Waals surface area contributed by atoms with Gasteiger partial charge >= 0.3 is 0 Å². The predicted molar refractivity (Wildman–Crippen MR) is 69.7 cm³/mol. The maximum atomic E-state index is 12.0. The number of anilines is 1. The molecule has 1 fully saturated rings. The molecule has 1 aromatic heterocycles. The van der Waals surface area contributed by atoms with Crippen molar-refractivity contribution in [3.8, 4) is 0 Å². The first-order valence-corrected chi connectivity index (χ1v) is 6.85. The minimum Gasteiger partial charge on any atom is -0.383 e. The van der Waals surface area contributed by atoms with Crippen LogP contribution in [-0.4, -0.2) is 53.2 Å². The minimum absolute atomic E-state index is 0.0121. The molecule has 1 aliphatic heterocycles. The zero-order chi connectivity index (χ0) is 13.8. The summed E-state index contributed by atoms with van der Waals surface area (Å²) in [7, 11) is 1.59. The average molecular weight is 284 g/mol. The second-order valence-electron chi connectivity index (χ2n) is 4.48. The molecule has 2 heterocycles. The first kappa shape index (κ1) is 13.9. The Kier molecular flexibility index (Phi) is 4.43. The van der Waals surface area contributed by atoms with Crippen LogP contribution in [-0.2, 0) is 14.3 Å². The van der Waals surface area contributed by atoms with Crippen molar-refractivity contribution in [2.45, 2.75) is 19.4 Å². The number of aromatic nitrogens is 2. The van der Waals surface area contributed by atoms with Gasteiger partial charge in [-0.25, -0.2) is 0 Å². The molecule has 104 valence electrons. The Hall–Kier alpha value is -1.54. The summed E-state index contributed by atoms with van der Waals surface area (Å²) in [6, 6.07) is -0.0168. The Morgan fingerprint density at radius 3 is 3.16 bits per heavy atom. The SMILES string of the molecule is COC[C@@H](C)N1C[C@H](C(=O)Nc2nncs2)CC1=O. The van der Waals surface area contributed by atoms with Crippen molar-refractivity contribution in [3.05, 3.63) is 5.51 Å². The number of hydrogen-bond donors (Lipinski definition) is 1. The third kappa shape index (κ3) is 3.27. The Bertz CT molecular complexity index is 451. The predicted octanol–water partition coefficient (Wildman–Crippen LogP) is 0.360. The van der Waals surface area contributed by atoms with Crippen molar-refractivity contribution in [1.29, 1.82) is 0 Å². The zero-order valence-electron chi connectivity index (χ0n) is 10.8. The van der Waals surface area contributed by atoms with E-state index in [0.29, 0.717) is 18.3 Å². The first-order chi connectivity index (χ1) is 9.11. The van der Waals surface area contributed by atoms with Crippen molar-refractivity contribution in [2.24, 2.45) is 5.92 Å². The van der Waals surface area contributed by atoms with Crippen molar-refractivity contribution < 1.29 is 14.3 Å². The highest BCUT2D eigenvalue weighted by Gasteiger charge is 2.36. The van der Waals surface area contributed by atoms with Crippen LogP contribution >= 0.6 is 11.3 Å². The minimum atomic E-state index is -0.337. The maximum Gasteiger partial charge on any atom is 0.231 e. The summed E-state index contributed by atoms with van der Waals surface area (Å²) in [6.07, 6.45) is 0.235. The van der Waals surface area contributed by atoms with Gasteiger partial charge in [0.2, 0.25) is 16.9 Å². The van der Waals surface area contributed by atoms with E-state index in [1.165, 1.54) is 11.3 Å². The van der Waals surface area contributed by atoms with Crippen molar-refractivity contribution >= 4 is 28.3 Å². The third-order valence-corrected chi connectivity index (χ3v) is 3.67. The number of methoxy groups -OCH3 is 1. The fourth-order valence-corrected chi connectivity index (χ4v) is 2.55. The summed E-state index contributed by atoms with van der Waals surface area (Å²) in [5.74, 6) is -0.533. The number of rotatable bonds is 5. The molecule has 19 heavy (non-hydrogen) atoms. The van der Waals surface area contributed by atoms with E-state index in [-0.39, 0.29) is 30.2 Å². The number of hydrogen-bond acceptors (Lipinski definition) is 6. The van der Waals surface area contributed by atoms with E-state index >= 15 is 0 Å². The number of ether oxygens (including phenoxy) is 1. The van der Waals surface area contributed by atoms with Gasteiger partial charge in [0.25, 0.3) is 0 Å². The highest BCUT2D eigenvalue weighted by molar-refractivity contribution is 7.13. The molecule has 0 aromatic carbocycles. The Morgan fingerprint density at radius 1 is 1.74 bits per heavy atom. The molecule has 0 aliphatic carbocycles. The molecule has 2 atom stereocenters. The molecule has 8 heteroatoms. The van der Waals surface area contributed by atoms with E-state index in [2.05, 4.69) is 15.5 Å². The number of nitrogens with zero attached hydrogens (tertiary/aromatic N) is 3. The Balaban J connectivity index is 1.93.